The average molecular weight is 413 g/mol. The van der Waals surface area contributed by atoms with Gasteiger partial charge in [-0.25, -0.2) is 9.97 Å². The number of hydrogen-bond donors (Lipinski definition) is 2. The van der Waals surface area contributed by atoms with Gasteiger partial charge in [-0.05, 0) is 31.0 Å². The molecule has 1 atom stereocenters. The Hall–Kier alpha value is -2.97. The van der Waals surface area contributed by atoms with Crippen LogP contribution in [0.3, 0.4) is 0 Å². The van der Waals surface area contributed by atoms with E-state index >= 15 is 0 Å². The number of benzene rings is 1. The van der Waals surface area contributed by atoms with Crippen molar-refractivity contribution in [3.8, 4) is 5.82 Å². The minimum absolute atomic E-state index is 0.209. The summed E-state index contributed by atoms with van der Waals surface area (Å²) in [4.78, 5) is 25.6. The molecule has 0 spiro atoms. The highest BCUT2D eigenvalue weighted by molar-refractivity contribution is 6.30. The zero-order valence-electron chi connectivity index (χ0n) is 15.9. The molecule has 1 aliphatic rings. The van der Waals surface area contributed by atoms with Crippen molar-refractivity contribution in [1.29, 1.82) is 0 Å². The molecule has 1 fully saturated rings. The summed E-state index contributed by atoms with van der Waals surface area (Å²) in [5.41, 5.74) is 2.11. The van der Waals surface area contributed by atoms with Crippen molar-refractivity contribution in [2.75, 3.05) is 18.5 Å². The Kier molecular flexibility index (Phi) is 5.73. The molecule has 1 saturated heterocycles. The van der Waals surface area contributed by atoms with Gasteiger partial charge in [0.1, 0.15) is 17.8 Å². The van der Waals surface area contributed by atoms with Gasteiger partial charge in [0, 0.05) is 36.1 Å². The van der Waals surface area contributed by atoms with Gasteiger partial charge < -0.3 is 15.4 Å². The predicted molar refractivity (Wildman–Crippen MR) is 109 cm³/mol. The number of aryl methyl sites for hydroxylation is 1. The van der Waals surface area contributed by atoms with Gasteiger partial charge in [-0.3, -0.25) is 9.36 Å². The van der Waals surface area contributed by atoms with E-state index in [1.54, 1.807) is 29.4 Å². The third-order valence-corrected chi connectivity index (χ3v) is 4.84. The molecular weight excluding hydrogens is 392 g/mol. The number of amides is 1. The molecule has 9 heteroatoms. The number of rotatable bonds is 6. The first-order valence-corrected chi connectivity index (χ1v) is 9.71. The van der Waals surface area contributed by atoms with E-state index in [-0.39, 0.29) is 11.9 Å². The van der Waals surface area contributed by atoms with Gasteiger partial charge in [-0.15, -0.1) is 0 Å². The second-order valence-corrected chi connectivity index (χ2v) is 7.32. The number of ether oxygens (including phenoxy) is 1. The van der Waals surface area contributed by atoms with Crippen LogP contribution in [0.2, 0.25) is 5.02 Å². The maximum absolute atomic E-state index is 12.5. The lowest BCUT2D eigenvalue weighted by Gasteiger charge is -2.12. The van der Waals surface area contributed by atoms with E-state index in [0.717, 1.165) is 24.2 Å². The van der Waals surface area contributed by atoms with Crippen molar-refractivity contribution in [3.05, 3.63) is 64.8 Å². The number of nitrogens with one attached hydrogen (secondary N) is 2. The number of imidazole rings is 1. The van der Waals surface area contributed by atoms with E-state index in [1.165, 1.54) is 0 Å². The summed E-state index contributed by atoms with van der Waals surface area (Å²) in [6, 6.07) is 7.57. The molecule has 2 N–H and O–H groups in total. The maximum Gasteiger partial charge on any atom is 0.271 e. The molecule has 0 unspecified atom stereocenters. The van der Waals surface area contributed by atoms with Crippen LogP contribution in [0, 0.1) is 6.92 Å². The van der Waals surface area contributed by atoms with E-state index < -0.39 is 0 Å². The Bertz CT molecular complexity index is 1020. The van der Waals surface area contributed by atoms with Crippen LogP contribution in [0.5, 0.6) is 0 Å². The number of aromatic nitrogens is 4. The molecule has 8 nitrogen and oxygen atoms in total. The SMILES string of the molecule is Cc1cnc(N[C@H]2CCOC2)nc1-n1cnc(C(=O)NCc2cccc(Cl)c2)c1. The normalized spacial score (nSPS) is 16.0. The summed E-state index contributed by atoms with van der Waals surface area (Å²) in [5, 5.41) is 6.76. The van der Waals surface area contributed by atoms with Crippen molar-refractivity contribution >= 4 is 23.5 Å². The summed E-state index contributed by atoms with van der Waals surface area (Å²) in [6.07, 6.45) is 5.91. The first-order valence-electron chi connectivity index (χ1n) is 9.33. The Labute approximate surface area is 173 Å². The third-order valence-electron chi connectivity index (χ3n) is 4.61. The smallest absolute Gasteiger partial charge is 0.271 e. The van der Waals surface area contributed by atoms with Crippen molar-refractivity contribution in [3.63, 3.8) is 0 Å². The molecule has 2 aromatic heterocycles. The fourth-order valence-electron chi connectivity index (χ4n) is 3.07. The highest BCUT2D eigenvalue weighted by Crippen LogP contribution is 2.16. The van der Waals surface area contributed by atoms with Gasteiger partial charge in [0.05, 0.1) is 12.6 Å². The van der Waals surface area contributed by atoms with Gasteiger partial charge in [0.25, 0.3) is 5.91 Å². The lowest BCUT2D eigenvalue weighted by molar-refractivity contribution is 0.0946. The first kappa shape index (κ1) is 19.4. The predicted octanol–water partition coefficient (Wildman–Crippen LogP) is 2.75. The van der Waals surface area contributed by atoms with Gasteiger partial charge >= 0.3 is 0 Å². The molecule has 1 aliphatic heterocycles. The van der Waals surface area contributed by atoms with E-state index in [2.05, 4.69) is 25.6 Å². The largest absolute Gasteiger partial charge is 0.379 e. The molecule has 0 saturated carbocycles. The second-order valence-electron chi connectivity index (χ2n) is 6.88. The standard InChI is InChI=1S/C20H21ClN6O2/c1-13-8-23-20(25-16-5-6-29-11-16)26-18(13)27-10-17(24-12-27)19(28)22-9-14-3-2-4-15(21)7-14/h2-4,7-8,10,12,16H,5-6,9,11H2,1H3,(H,22,28)(H,23,25,26)/t16-/m0/s1. The summed E-state index contributed by atoms with van der Waals surface area (Å²) < 4.78 is 7.10. The second kappa shape index (κ2) is 8.59. The minimum atomic E-state index is -0.267. The van der Waals surface area contributed by atoms with Gasteiger partial charge in [0.15, 0.2) is 0 Å². The average Bonchev–Trinajstić information content (AvgIpc) is 3.40. The van der Waals surface area contributed by atoms with Crippen LogP contribution in [0.15, 0.2) is 43.0 Å². The Morgan fingerprint density at radius 3 is 3.07 bits per heavy atom. The maximum atomic E-state index is 12.5. The van der Waals surface area contributed by atoms with Crippen molar-refractivity contribution in [1.82, 2.24) is 24.8 Å². The molecule has 0 bridgehead atoms. The van der Waals surface area contributed by atoms with Gasteiger partial charge in [-0.1, -0.05) is 23.7 Å². The highest BCUT2D eigenvalue weighted by Gasteiger charge is 2.17. The highest BCUT2D eigenvalue weighted by atomic mass is 35.5. The van der Waals surface area contributed by atoms with Crippen LogP contribution < -0.4 is 10.6 Å². The first-order chi connectivity index (χ1) is 14.1. The zero-order valence-corrected chi connectivity index (χ0v) is 16.7. The number of nitrogens with zero attached hydrogens (tertiary/aromatic N) is 4. The monoisotopic (exact) mass is 412 g/mol. The molecule has 29 heavy (non-hydrogen) atoms. The van der Waals surface area contributed by atoms with Gasteiger partial charge in [0.2, 0.25) is 5.95 Å². The summed E-state index contributed by atoms with van der Waals surface area (Å²) in [5.74, 6) is 0.932. The molecule has 150 valence electrons. The van der Waals surface area contributed by atoms with Crippen LogP contribution >= 0.6 is 11.6 Å². The van der Waals surface area contributed by atoms with E-state index in [1.807, 2.05) is 25.1 Å². The minimum Gasteiger partial charge on any atom is -0.379 e. The summed E-state index contributed by atoms with van der Waals surface area (Å²) in [6.45, 7) is 3.67. The molecular formula is C20H21ClN6O2. The van der Waals surface area contributed by atoms with Crippen LogP contribution in [0.4, 0.5) is 5.95 Å². The van der Waals surface area contributed by atoms with Crippen LogP contribution in [0.25, 0.3) is 5.82 Å². The Balaban J connectivity index is 1.45. The summed E-state index contributed by atoms with van der Waals surface area (Å²) >= 11 is 5.98. The lowest BCUT2D eigenvalue weighted by atomic mass is 10.2. The number of carbonyl (C=O) groups is 1. The molecule has 3 aromatic rings. The summed E-state index contributed by atoms with van der Waals surface area (Å²) in [7, 11) is 0. The Morgan fingerprint density at radius 2 is 2.28 bits per heavy atom. The van der Waals surface area contributed by atoms with Crippen LogP contribution in [-0.2, 0) is 11.3 Å². The molecule has 0 aliphatic carbocycles. The lowest BCUT2D eigenvalue weighted by Crippen LogP contribution is -2.23. The molecule has 3 heterocycles. The van der Waals surface area contributed by atoms with E-state index in [0.29, 0.717) is 35.6 Å². The topological polar surface area (TPSA) is 94.0 Å². The molecule has 1 aromatic carbocycles. The van der Waals surface area contributed by atoms with E-state index in [4.69, 9.17) is 16.3 Å². The molecule has 4 rings (SSSR count). The van der Waals surface area contributed by atoms with Crippen LogP contribution in [-0.4, -0.2) is 44.7 Å². The van der Waals surface area contributed by atoms with E-state index in [9.17, 15) is 4.79 Å². The number of anilines is 1. The number of hydrogen-bond acceptors (Lipinski definition) is 6. The fraction of sp³-hybridized carbons (Fsp3) is 0.300. The number of carbonyl (C=O) groups excluding carboxylic acids is 1. The number of halogens is 1. The molecule has 0 radical (unpaired) electrons. The van der Waals surface area contributed by atoms with Crippen LogP contribution in [0.1, 0.15) is 28.0 Å². The quantitative estimate of drug-likeness (QED) is 0.646. The zero-order chi connectivity index (χ0) is 20.2. The van der Waals surface area contributed by atoms with Gasteiger partial charge in [-0.2, -0.15) is 4.98 Å². The molecule has 1 amide bonds. The third kappa shape index (κ3) is 4.72. The van der Waals surface area contributed by atoms with Crippen molar-refractivity contribution in [2.24, 2.45) is 0 Å². The van der Waals surface area contributed by atoms with Crippen molar-refractivity contribution in [2.45, 2.75) is 25.9 Å². The Morgan fingerprint density at radius 1 is 1.38 bits per heavy atom. The fourth-order valence-corrected chi connectivity index (χ4v) is 3.28. The van der Waals surface area contributed by atoms with Crippen molar-refractivity contribution < 1.29 is 9.53 Å².